The fourth-order valence-electron chi connectivity index (χ4n) is 1.82. The molecule has 0 unspecified atom stereocenters. The zero-order chi connectivity index (χ0) is 14.9. The van der Waals surface area contributed by atoms with Crippen LogP contribution in [0.25, 0.3) is 0 Å². The number of rotatable bonds is 3. The average molecular weight is 278 g/mol. The molecule has 6 nitrogen and oxygen atoms in total. The third-order valence-corrected chi connectivity index (χ3v) is 2.88. The summed E-state index contributed by atoms with van der Waals surface area (Å²) in [6.45, 7) is 1.64. The van der Waals surface area contributed by atoms with Crippen molar-refractivity contribution in [3.8, 4) is 0 Å². The summed E-state index contributed by atoms with van der Waals surface area (Å²) in [6, 6.07) is 3.77. The van der Waals surface area contributed by atoms with Crippen LogP contribution in [-0.2, 0) is 6.54 Å². The molecule has 2 rings (SSSR count). The number of H-pyrrole nitrogens is 1. The Morgan fingerprint density at radius 2 is 2.05 bits per heavy atom. The van der Waals surface area contributed by atoms with Crippen LogP contribution in [0.3, 0.4) is 0 Å². The fraction of sp³-hybridized carbons (Fsp3) is 0.167. The van der Waals surface area contributed by atoms with E-state index in [0.29, 0.717) is 11.1 Å². The fourth-order valence-corrected chi connectivity index (χ4v) is 1.82. The van der Waals surface area contributed by atoms with Crippen molar-refractivity contribution in [1.82, 2.24) is 9.55 Å². The number of hydrogen-bond donors (Lipinski definition) is 3. The van der Waals surface area contributed by atoms with E-state index in [1.165, 1.54) is 22.9 Å². The largest absolute Gasteiger partial charge is 0.491 e. The maximum Gasteiger partial charge on any atom is 0.491 e. The van der Waals surface area contributed by atoms with Gasteiger partial charge in [-0.05, 0) is 18.6 Å². The Bertz CT molecular complexity index is 754. The molecule has 0 aliphatic rings. The highest BCUT2D eigenvalue weighted by molar-refractivity contribution is 6.58. The first-order chi connectivity index (χ1) is 9.38. The Labute approximate surface area is 113 Å². The summed E-state index contributed by atoms with van der Waals surface area (Å²) >= 11 is 0. The number of nitrogens with one attached hydrogen (secondary N) is 1. The summed E-state index contributed by atoms with van der Waals surface area (Å²) < 4.78 is 14.6. The van der Waals surface area contributed by atoms with Crippen LogP contribution < -0.4 is 16.7 Å². The first-order valence-electron chi connectivity index (χ1n) is 5.83. The Hall–Kier alpha value is -2.19. The van der Waals surface area contributed by atoms with Crippen LogP contribution in [0.15, 0.2) is 34.0 Å². The Morgan fingerprint density at radius 1 is 1.35 bits per heavy atom. The van der Waals surface area contributed by atoms with Crippen LogP contribution >= 0.6 is 0 Å². The SMILES string of the molecule is Cc1cn(Cc2ccc(F)c(B(O)O)c2)c(=O)[nH]c1=O. The van der Waals surface area contributed by atoms with E-state index in [0.717, 1.165) is 6.07 Å². The third kappa shape index (κ3) is 2.86. The molecule has 0 spiro atoms. The molecule has 104 valence electrons. The van der Waals surface area contributed by atoms with Gasteiger partial charge in [0, 0.05) is 17.2 Å². The van der Waals surface area contributed by atoms with Gasteiger partial charge in [0.1, 0.15) is 5.82 Å². The molecule has 1 heterocycles. The summed E-state index contributed by atoms with van der Waals surface area (Å²) in [4.78, 5) is 25.0. The monoisotopic (exact) mass is 278 g/mol. The molecule has 20 heavy (non-hydrogen) atoms. The van der Waals surface area contributed by atoms with Gasteiger partial charge < -0.3 is 10.0 Å². The second-order valence-electron chi connectivity index (χ2n) is 4.43. The molecule has 1 aromatic carbocycles. The molecule has 0 radical (unpaired) electrons. The Balaban J connectivity index is 2.40. The van der Waals surface area contributed by atoms with E-state index < -0.39 is 24.2 Å². The van der Waals surface area contributed by atoms with Crippen LogP contribution in [0.1, 0.15) is 11.1 Å². The molecule has 0 fully saturated rings. The van der Waals surface area contributed by atoms with Gasteiger partial charge in [-0.2, -0.15) is 0 Å². The van der Waals surface area contributed by atoms with Crippen molar-refractivity contribution in [2.75, 3.05) is 0 Å². The predicted molar refractivity (Wildman–Crippen MR) is 71.4 cm³/mol. The molecule has 0 bridgehead atoms. The van der Waals surface area contributed by atoms with E-state index in [-0.39, 0.29) is 12.0 Å². The van der Waals surface area contributed by atoms with Gasteiger partial charge in [-0.3, -0.25) is 14.3 Å². The molecule has 0 atom stereocenters. The molecule has 8 heteroatoms. The second-order valence-corrected chi connectivity index (χ2v) is 4.43. The van der Waals surface area contributed by atoms with Gasteiger partial charge in [-0.1, -0.05) is 12.1 Å². The molecule has 3 N–H and O–H groups in total. The van der Waals surface area contributed by atoms with E-state index in [1.54, 1.807) is 6.92 Å². The van der Waals surface area contributed by atoms with Gasteiger partial charge in [0.05, 0.1) is 6.54 Å². The number of halogens is 1. The van der Waals surface area contributed by atoms with Crippen molar-refractivity contribution in [2.24, 2.45) is 0 Å². The number of hydrogen-bond acceptors (Lipinski definition) is 4. The van der Waals surface area contributed by atoms with Crippen LogP contribution in [0.2, 0.25) is 0 Å². The average Bonchev–Trinajstić information content (AvgIpc) is 2.37. The van der Waals surface area contributed by atoms with E-state index in [1.807, 2.05) is 0 Å². The Kier molecular flexibility index (Phi) is 3.87. The molecule has 0 saturated carbocycles. The van der Waals surface area contributed by atoms with Gasteiger partial charge in [0.25, 0.3) is 5.56 Å². The molecule has 0 saturated heterocycles. The maximum absolute atomic E-state index is 13.3. The summed E-state index contributed by atoms with van der Waals surface area (Å²) in [6.07, 6.45) is 1.39. The minimum Gasteiger partial charge on any atom is -0.423 e. The zero-order valence-corrected chi connectivity index (χ0v) is 10.6. The van der Waals surface area contributed by atoms with Crippen LogP contribution in [0, 0.1) is 12.7 Å². The van der Waals surface area contributed by atoms with Crippen molar-refractivity contribution in [3.05, 3.63) is 62.2 Å². The molecule has 0 amide bonds. The lowest BCUT2D eigenvalue weighted by Gasteiger charge is -2.08. The quantitative estimate of drug-likeness (QED) is 0.609. The lowest BCUT2D eigenvalue weighted by molar-refractivity contribution is 0.423. The highest BCUT2D eigenvalue weighted by Gasteiger charge is 2.17. The van der Waals surface area contributed by atoms with Crippen LogP contribution in [0.4, 0.5) is 4.39 Å². The Morgan fingerprint density at radius 3 is 2.70 bits per heavy atom. The smallest absolute Gasteiger partial charge is 0.423 e. The molecular weight excluding hydrogens is 266 g/mol. The molecule has 1 aromatic heterocycles. The first-order valence-corrected chi connectivity index (χ1v) is 5.83. The van der Waals surface area contributed by atoms with Crippen molar-refractivity contribution in [2.45, 2.75) is 13.5 Å². The summed E-state index contributed by atoms with van der Waals surface area (Å²) in [7, 11) is -1.93. The summed E-state index contributed by atoms with van der Waals surface area (Å²) in [5, 5.41) is 18.1. The number of aromatic amines is 1. The van der Waals surface area contributed by atoms with Crippen molar-refractivity contribution < 1.29 is 14.4 Å². The van der Waals surface area contributed by atoms with Gasteiger partial charge in [0.15, 0.2) is 0 Å². The molecule has 0 aliphatic heterocycles. The van der Waals surface area contributed by atoms with E-state index in [9.17, 15) is 14.0 Å². The maximum atomic E-state index is 13.3. The minimum absolute atomic E-state index is 0.0798. The highest BCUT2D eigenvalue weighted by Crippen LogP contribution is 2.03. The molecule has 2 aromatic rings. The summed E-state index contributed by atoms with van der Waals surface area (Å²) in [5.74, 6) is -0.742. The van der Waals surface area contributed by atoms with Gasteiger partial charge in [-0.15, -0.1) is 0 Å². The summed E-state index contributed by atoms with van der Waals surface area (Å²) in [5.41, 5.74) is -0.443. The normalized spacial score (nSPS) is 10.6. The van der Waals surface area contributed by atoms with E-state index in [2.05, 4.69) is 4.98 Å². The van der Waals surface area contributed by atoms with Gasteiger partial charge >= 0.3 is 12.8 Å². The van der Waals surface area contributed by atoms with Gasteiger partial charge in [0.2, 0.25) is 0 Å². The van der Waals surface area contributed by atoms with Gasteiger partial charge in [-0.25, -0.2) is 9.18 Å². The standard InChI is InChI=1S/C12H12BFN2O4/c1-7-5-16(12(18)15-11(7)17)6-8-2-3-10(14)9(4-8)13(19)20/h2-5,19-20H,6H2,1H3,(H,15,17,18). The van der Waals surface area contributed by atoms with Crippen LogP contribution in [0.5, 0.6) is 0 Å². The highest BCUT2D eigenvalue weighted by atomic mass is 19.1. The predicted octanol–water partition coefficient (Wildman–Crippen LogP) is -1.29. The van der Waals surface area contributed by atoms with Crippen LogP contribution in [-0.4, -0.2) is 26.7 Å². The lowest BCUT2D eigenvalue weighted by Crippen LogP contribution is -2.34. The zero-order valence-electron chi connectivity index (χ0n) is 10.6. The topological polar surface area (TPSA) is 95.3 Å². The number of nitrogens with zero attached hydrogens (tertiary/aromatic N) is 1. The van der Waals surface area contributed by atoms with Crippen molar-refractivity contribution in [1.29, 1.82) is 0 Å². The third-order valence-electron chi connectivity index (χ3n) is 2.88. The minimum atomic E-state index is -1.93. The molecule has 0 aliphatic carbocycles. The lowest BCUT2D eigenvalue weighted by atomic mass is 9.79. The van der Waals surface area contributed by atoms with Crippen molar-refractivity contribution >= 4 is 12.6 Å². The second kappa shape index (κ2) is 5.44. The van der Waals surface area contributed by atoms with Crippen molar-refractivity contribution in [3.63, 3.8) is 0 Å². The number of aromatic nitrogens is 2. The first kappa shape index (κ1) is 14.2. The molecular formula is C12H12BFN2O4. The number of aryl methyl sites for hydroxylation is 1. The number of benzene rings is 1. The van der Waals surface area contributed by atoms with E-state index in [4.69, 9.17) is 10.0 Å². The van der Waals surface area contributed by atoms with E-state index >= 15 is 0 Å².